The van der Waals surface area contributed by atoms with Gasteiger partial charge >= 0.3 is 12.1 Å². The lowest BCUT2D eigenvalue weighted by atomic mass is 10.1. The van der Waals surface area contributed by atoms with Gasteiger partial charge in [-0.3, -0.25) is 0 Å². The summed E-state index contributed by atoms with van der Waals surface area (Å²) in [6.07, 6.45) is -0.896. The Balaban J connectivity index is 1.49. The average molecular weight is 640 g/mol. The highest BCUT2D eigenvalue weighted by molar-refractivity contribution is 6.37. The number of alkyl carbamates (subject to hydrolysis) is 1. The number of benzene rings is 4. The van der Waals surface area contributed by atoms with E-state index in [0.717, 1.165) is 22.2 Å². The molecule has 0 saturated carbocycles. The zero-order chi connectivity index (χ0) is 32.0. The van der Waals surface area contributed by atoms with Gasteiger partial charge in [0.1, 0.15) is 30.6 Å². The number of nitrogens with zero attached hydrogens (tertiary/aromatic N) is 1. The molecule has 4 rings (SSSR count). The molecule has 0 aliphatic heterocycles. The lowest BCUT2D eigenvalue weighted by Gasteiger charge is -2.22. The van der Waals surface area contributed by atoms with Crippen LogP contribution in [-0.4, -0.2) is 42.9 Å². The highest BCUT2D eigenvalue weighted by Crippen LogP contribution is 2.36. The second kappa shape index (κ2) is 14.1. The minimum atomic E-state index is -1.25. The van der Waals surface area contributed by atoms with Crippen molar-refractivity contribution in [2.75, 3.05) is 19.0 Å². The number of halogens is 2. The van der Waals surface area contributed by atoms with Crippen LogP contribution in [0.3, 0.4) is 0 Å². The molecular weight excluding hydrogens is 603 g/mol. The van der Waals surface area contributed by atoms with E-state index >= 15 is 0 Å². The van der Waals surface area contributed by atoms with Gasteiger partial charge in [-0.15, -0.1) is 0 Å². The molecule has 10 heteroatoms. The van der Waals surface area contributed by atoms with Crippen LogP contribution >= 0.6 is 23.2 Å². The Morgan fingerprint density at radius 1 is 0.864 bits per heavy atom. The SMILES string of the molecule is CN(C)c1ccc(OCc2ccc3ccccc3c2)c(COc2c(Cl)cc(C[C@H](NC(=O)OC(C)(C)C)C(=O)O)cc2Cl)c1. The van der Waals surface area contributed by atoms with Gasteiger partial charge < -0.3 is 29.5 Å². The summed E-state index contributed by atoms with van der Waals surface area (Å²) in [6, 6.07) is 22.2. The summed E-state index contributed by atoms with van der Waals surface area (Å²) in [5.74, 6) is -0.314. The number of rotatable bonds is 11. The number of hydrogen-bond donors (Lipinski definition) is 2. The van der Waals surface area contributed by atoms with Gasteiger partial charge in [-0.05, 0) is 79.1 Å². The molecule has 0 radical (unpaired) electrons. The van der Waals surface area contributed by atoms with Crippen molar-refractivity contribution in [3.05, 3.63) is 99.5 Å². The summed E-state index contributed by atoms with van der Waals surface area (Å²) in [5.41, 5.74) is 2.53. The topological polar surface area (TPSA) is 97.3 Å². The van der Waals surface area contributed by atoms with Crippen molar-refractivity contribution in [1.82, 2.24) is 5.32 Å². The predicted molar refractivity (Wildman–Crippen MR) is 174 cm³/mol. The van der Waals surface area contributed by atoms with Crippen LogP contribution in [0.15, 0.2) is 72.8 Å². The monoisotopic (exact) mass is 638 g/mol. The van der Waals surface area contributed by atoms with Gasteiger partial charge in [-0.25, -0.2) is 9.59 Å². The fraction of sp³-hybridized carbons (Fsp3) is 0.294. The largest absolute Gasteiger partial charge is 0.488 e. The van der Waals surface area contributed by atoms with Crippen LogP contribution in [0.2, 0.25) is 10.0 Å². The summed E-state index contributed by atoms with van der Waals surface area (Å²) in [6.45, 7) is 5.56. The molecule has 0 fully saturated rings. The normalized spacial score (nSPS) is 12.0. The second-order valence-electron chi connectivity index (χ2n) is 11.6. The van der Waals surface area contributed by atoms with E-state index in [9.17, 15) is 14.7 Å². The van der Waals surface area contributed by atoms with Crippen LogP contribution in [0.5, 0.6) is 11.5 Å². The minimum Gasteiger partial charge on any atom is -0.488 e. The summed E-state index contributed by atoms with van der Waals surface area (Å²) < 4.78 is 17.5. The molecule has 0 spiro atoms. The molecule has 4 aromatic carbocycles. The Hall–Kier alpha value is -4.14. The van der Waals surface area contributed by atoms with Crippen LogP contribution in [0, 0.1) is 0 Å². The Labute approximate surface area is 267 Å². The molecule has 0 aliphatic carbocycles. The molecule has 0 heterocycles. The highest BCUT2D eigenvalue weighted by Gasteiger charge is 2.25. The van der Waals surface area contributed by atoms with E-state index < -0.39 is 23.7 Å². The predicted octanol–water partition coefficient (Wildman–Crippen LogP) is 7.89. The molecular formula is C34H36Cl2N2O6. The second-order valence-corrected chi connectivity index (χ2v) is 12.4. The van der Waals surface area contributed by atoms with Crippen LogP contribution in [0.1, 0.15) is 37.5 Å². The molecule has 4 aromatic rings. The number of aliphatic carboxylic acids is 1. The molecule has 0 unspecified atom stereocenters. The van der Waals surface area contributed by atoms with E-state index in [1.807, 2.05) is 55.4 Å². The minimum absolute atomic E-state index is 0.0636. The first-order valence-electron chi connectivity index (χ1n) is 14.0. The molecule has 0 saturated heterocycles. The van der Waals surface area contributed by atoms with E-state index in [1.54, 1.807) is 32.9 Å². The van der Waals surface area contributed by atoms with Gasteiger partial charge in [0.2, 0.25) is 0 Å². The summed E-state index contributed by atoms with van der Waals surface area (Å²) in [7, 11) is 3.90. The molecule has 0 aliphatic rings. The van der Waals surface area contributed by atoms with Gasteiger partial charge in [0.05, 0.1) is 10.0 Å². The number of anilines is 1. The molecule has 44 heavy (non-hydrogen) atoms. The van der Waals surface area contributed by atoms with Crippen molar-refractivity contribution in [3.8, 4) is 11.5 Å². The molecule has 8 nitrogen and oxygen atoms in total. The third-order valence-electron chi connectivity index (χ3n) is 6.63. The smallest absolute Gasteiger partial charge is 0.408 e. The maximum atomic E-state index is 12.2. The number of hydrogen-bond acceptors (Lipinski definition) is 6. The molecule has 0 bridgehead atoms. The number of carboxylic acid groups (broad SMARTS) is 1. The van der Waals surface area contributed by atoms with Crippen molar-refractivity contribution in [2.24, 2.45) is 0 Å². The third kappa shape index (κ3) is 8.94. The number of fused-ring (bicyclic) bond motifs is 1. The number of carbonyl (C=O) groups excluding carboxylic acids is 1. The van der Waals surface area contributed by atoms with Crippen molar-refractivity contribution >= 4 is 51.7 Å². The fourth-order valence-electron chi connectivity index (χ4n) is 4.49. The van der Waals surface area contributed by atoms with Gasteiger partial charge in [0.25, 0.3) is 0 Å². The Bertz CT molecular complexity index is 1630. The lowest BCUT2D eigenvalue weighted by Crippen LogP contribution is -2.44. The van der Waals surface area contributed by atoms with Gasteiger partial charge in [-0.1, -0.05) is 59.6 Å². The van der Waals surface area contributed by atoms with Gasteiger partial charge in [0.15, 0.2) is 5.75 Å². The van der Waals surface area contributed by atoms with Gasteiger partial charge in [0, 0.05) is 31.8 Å². The molecule has 232 valence electrons. The lowest BCUT2D eigenvalue weighted by molar-refractivity contribution is -0.139. The Morgan fingerprint density at radius 3 is 2.18 bits per heavy atom. The molecule has 0 aromatic heterocycles. The van der Waals surface area contributed by atoms with Crippen LogP contribution < -0.4 is 19.7 Å². The zero-order valence-corrected chi connectivity index (χ0v) is 26.8. The summed E-state index contributed by atoms with van der Waals surface area (Å²) in [4.78, 5) is 26.0. The zero-order valence-electron chi connectivity index (χ0n) is 25.3. The number of amides is 1. The summed E-state index contributed by atoms with van der Waals surface area (Å²) in [5, 5.41) is 14.8. The average Bonchev–Trinajstić information content (AvgIpc) is 2.94. The molecule has 1 atom stereocenters. The molecule has 2 N–H and O–H groups in total. The van der Waals surface area contributed by atoms with E-state index in [2.05, 4.69) is 29.6 Å². The van der Waals surface area contributed by atoms with Crippen molar-refractivity contribution in [3.63, 3.8) is 0 Å². The Morgan fingerprint density at radius 2 is 1.55 bits per heavy atom. The van der Waals surface area contributed by atoms with Crippen LogP contribution in [-0.2, 0) is 29.2 Å². The highest BCUT2D eigenvalue weighted by atomic mass is 35.5. The quantitative estimate of drug-likeness (QED) is 0.172. The number of nitrogens with one attached hydrogen (secondary N) is 1. The van der Waals surface area contributed by atoms with Crippen molar-refractivity contribution in [2.45, 2.75) is 52.0 Å². The van der Waals surface area contributed by atoms with E-state index in [-0.39, 0.29) is 28.8 Å². The van der Waals surface area contributed by atoms with E-state index in [0.29, 0.717) is 17.9 Å². The maximum Gasteiger partial charge on any atom is 0.408 e. The van der Waals surface area contributed by atoms with Crippen molar-refractivity contribution < 1.29 is 28.9 Å². The number of carbonyl (C=O) groups is 2. The number of carboxylic acids is 1. The number of ether oxygens (including phenoxy) is 3. The van der Waals surface area contributed by atoms with E-state index in [4.69, 9.17) is 37.4 Å². The first-order chi connectivity index (χ1) is 20.8. The standard InChI is InChI=1S/C34H36Cl2N2O6/c1-34(2,3)44-33(41)37-29(32(39)40)17-22-15-27(35)31(28(36)16-22)43-20-25-18-26(38(4)5)12-13-30(25)42-19-21-10-11-23-8-6-7-9-24(23)14-21/h6-16,18,29H,17,19-20H2,1-5H3,(H,37,41)(H,39,40)/t29-/m0/s1. The van der Waals surface area contributed by atoms with E-state index in [1.165, 1.54) is 5.39 Å². The first-order valence-corrected chi connectivity index (χ1v) is 14.8. The fourth-order valence-corrected chi connectivity index (χ4v) is 5.13. The maximum absolute atomic E-state index is 12.2. The summed E-state index contributed by atoms with van der Waals surface area (Å²) >= 11 is 13.1. The van der Waals surface area contributed by atoms with Crippen LogP contribution in [0.4, 0.5) is 10.5 Å². The first kappa shape index (κ1) is 32.8. The van der Waals surface area contributed by atoms with Crippen LogP contribution in [0.25, 0.3) is 10.8 Å². The van der Waals surface area contributed by atoms with Crippen molar-refractivity contribution in [1.29, 1.82) is 0 Å². The van der Waals surface area contributed by atoms with Gasteiger partial charge in [-0.2, -0.15) is 0 Å². The third-order valence-corrected chi connectivity index (χ3v) is 7.19. The molecule has 1 amide bonds. The Kier molecular flexibility index (Phi) is 10.5.